The van der Waals surface area contributed by atoms with Crippen molar-refractivity contribution in [1.82, 2.24) is 0 Å². The van der Waals surface area contributed by atoms with E-state index in [0.29, 0.717) is 19.3 Å². The second kappa shape index (κ2) is 5.19. The van der Waals surface area contributed by atoms with E-state index in [0.717, 1.165) is 0 Å². The first kappa shape index (κ1) is 8.60. The van der Waals surface area contributed by atoms with Crippen molar-refractivity contribution in [3.05, 3.63) is 12.8 Å². The van der Waals surface area contributed by atoms with Crippen LogP contribution in [0.1, 0.15) is 25.7 Å². The maximum Gasteiger partial charge on any atom is 0.111 e. The molecule has 2 heteroatoms. The van der Waals surface area contributed by atoms with Gasteiger partial charge in [-0.2, -0.15) is 0 Å². The zero-order valence-corrected chi connectivity index (χ0v) is 6.92. The number of rotatable bonds is 5. The molecule has 0 N–H and O–H groups in total. The standard InChI is InChI=1S/C9H16O2/c1-2-10-7-8-11-9-5-3-4-6-9/h2,9H,1,3-8H2. The molecule has 0 unspecified atom stereocenters. The van der Waals surface area contributed by atoms with E-state index in [1.54, 1.807) is 0 Å². The maximum atomic E-state index is 5.53. The minimum Gasteiger partial charge on any atom is -0.499 e. The molecule has 1 rings (SSSR count). The van der Waals surface area contributed by atoms with E-state index in [4.69, 9.17) is 9.47 Å². The monoisotopic (exact) mass is 156 g/mol. The van der Waals surface area contributed by atoms with Crippen molar-refractivity contribution in [3.63, 3.8) is 0 Å². The molecular formula is C9H16O2. The molecule has 1 aliphatic rings. The predicted octanol–water partition coefficient (Wildman–Crippen LogP) is 2.11. The number of hydrogen-bond acceptors (Lipinski definition) is 2. The van der Waals surface area contributed by atoms with Gasteiger partial charge in [0.05, 0.1) is 19.0 Å². The van der Waals surface area contributed by atoms with Gasteiger partial charge in [-0.3, -0.25) is 0 Å². The highest BCUT2D eigenvalue weighted by atomic mass is 16.5. The highest BCUT2D eigenvalue weighted by Gasteiger charge is 2.14. The molecule has 0 radical (unpaired) electrons. The Hall–Kier alpha value is -0.500. The molecule has 0 bridgehead atoms. The van der Waals surface area contributed by atoms with Gasteiger partial charge in [-0.1, -0.05) is 19.4 Å². The third-order valence-electron chi connectivity index (χ3n) is 1.97. The zero-order chi connectivity index (χ0) is 7.94. The van der Waals surface area contributed by atoms with Gasteiger partial charge in [0, 0.05) is 0 Å². The van der Waals surface area contributed by atoms with Crippen molar-refractivity contribution in [2.75, 3.05) is 13.2 Å². The lowest BCUT2D eigenvalue weighted by Crippen LogP contribution is -2.11. The molecule has 1 fully saturated rings. The van der Waals surface area contributed by atoms with E-state index in [2.05, 4.69) is 6.58 Å². The Kier molecular flexibility index (Phi) is 4.06. The average molecular weight is 156 g/mol. The normalized spacial score (nSPS) is 18.5. The SMILES string of the molecule is C=COCCOC1CCCC1. The third-order valence-corrected chi connectivity index (χ3v) is 1.97. The van der Waals surface area contributed by atoms with Crippen LogP contribution in [-0.2, 0) is 9.47 Å². The molecule has 1 aliphatic carbocycles. The zero-order valence-electron chi connectivity index (χ0n) is 6.92. The van der Waals surface area contributed by atoms with Gasteiger partial charge in [0.1, 0.15) is 6.61 Å². The highest BCUT2D eigenvalue weighted by Crippen LogP contribution is 2.20. The smallest absolute Gasteiger partial charge is 0.111 e. The summed E-state index contributed by atoms with van der Waals surface area (Å²) in [6, 6.07) is 0. The lowest BCUT2D eigenvalue weighted by Gasteiger charge is -2.09. The Labute approximate surface area is 68.2 Å². The fourth-order valence-corrected chi connectivity index (χ4v) is 1.40. The van der Waals surface area contributed by atoms with Crippen LogP contribution in [0.2, 0.25) is 0 Å². The first-order valence-corrected chi connectivity index (χ1v) is 4.27. The first-order chi connectivity index (χ1) is 5.43. The topological polar surface area (TPSA) is 18.5 Å². The van der Waals surface area contributed by atoms with Crippen LogP contribution in [0.5, 0.6) is 0 Å². The van der Waals surface area contributed by atoms with Crippen LogP contribution in [0.25, 0.3) is 0 Å². The first-order valence-electron chi connectivity index (χ1n) is 4.27. The van der Waals surface area contributed by atoms with Gasteiger partial charge >= 0.3 is 0 Å². The summed E-state index contributed by atoms with van der Waals surface area (Å²) in [5.74, 6) is 0. The van der Waals surface area contributed by atoms with E-state index in [9.17, 15) is 0 Å². The van der Waals surface area contributed by atoms with Crippen molar-refractivity contribution in [3.8, 4) is 0 Å². The molecule has 0 aromatic carbocycles. The Morgan fingerprint density at radius 3 is 2.64 bits per heavy atom. The summed E-state index contributed by atoms with van der Waals surface area (Å²) < 4.78 is 10.5. The molecule has 11 heavy (non-hydrogen) atoms. The van der Waals surface area contributed by atoms with Crippen LogP contribution >= 0.6 is 0 Å². The fourth-order valence-electron chi connectivity index (χ4n) is 1.40. The van der Waals surface area contributed by atoms with E-state index < -0.39 is 0 Å². The van der Waals surface area contributed by atoms with Gasteiger partial charge in [-0.25, -0.2) is 0 Å². The van der Waals surface area contributed by atoms with Crippen molar-refractivity contribution in [1.29, 1.82) is 0 Å². The second-order valence-corrected chi connectivity index (χ2v) is 2.81. The van der Waals surface area contributed by atoms with Crippen molar-refractivity contribution < 1.29 is 9.47 Å². The average Bonchev–Trinajstić information content (AvgIpc) is 2.50. The Morgan fingerprint density at radius 1 is 1.27 bits per heavy atom. The minimum absolute atomic E-state index is 0.503. The molecule has 0 aliphatic heterocycles. The molecule has 0 saturated heterocycles. The highest BCUT2D eigenvalue weighted by molar-refractivity contribution is 4.66. The lowest BCUT2D eigenvalue weighted by molar-refractivity contribution is 0.0294. The summed E-state index contributed by atoms with van der Waals surface area (Å²) in [6.07, 6.45) is 7.07. The van der Waals surface area contributed by atoms with Crippen LogP contribution < -0.4 is 0 Å². The fraction of sp³-hybridized carbons (Fsp3) is 0.778. The van der Waals surface area contributed by atoms with E-state index in [1.807, 2.05) is 0 Å². The van der Waals surface area contributed by atoms with Crippen LogP contribution in [0.3, 0.4) is 0 Å². The molecule has 0 aromatic rings. The van der Waals surface area contributed by atoms with Crippen LogP contribution in [-0.4, -0.2) is 19.3 Å². The lowest BCUT2D eigenvalue weighted by atomic mass is 10.3. The van der Waals surface area contributed by atoms with Crippen molar-refractivity contribution >= 4 is 0 Å². The Bertz CT molecular complexity index is 106. The molecule has 0 atom stereocenters. The molecule has 0 spiro atoms. The van der Waals surface area contributed by atoms with Crippen molar-refractivity contribution in [2.45, 2.75) is 31.8 Å². The maximum absolute atomic E-state index is 5.53. The molecule has 0 heterocycles. The molecule has 1 saturated carbocycles. The second-order valence-electron chi connectivity index (χ2n) is 2.81. The number of hydrogen-bond donors (Lipinski definition) is 0. The van der Waals surface area contributed by atoms with Gasteiger partial charge < -0.3 is 9.47 Å². The van der Waals surface area contributed by atoms with Gasteiger partial charge in [-0.05, 0) is 12.8 Å². The summed E-state index contributed by atoms with van der Waals surface area (Å²) in [5.41, 5.74) is 0. The summed E-state index contributed by atoms with van der Waals surface area (Å²) in [7, 11) is 0. The van der Waals surface area contributed by atoms with E-state index >= 15 is 0 Å². The van der Waals surface area contributed by atoms with Crippen LogP contribution in [0.4, 0.5) is 0 Å². The van der Waals surface area contributed by atoms with Gasteiger partial charge in [0.2, 0.25) is 0 Å². The van der Waals surface area contributed by atoms with Gasteiger partial charge in [0.15, 0.2) is 0 Å². The summed E-state index contributed by atoms with van der Waals surface area (Å²) in [4.78, 5) is 0. The summed E-state index contributed by atoms with van der Waals surface area (Å²) in [6.45, 7) is 4.80. The Balaban J connectivity index is 1.89. The van der Waals surface area contributed by atoms with Crippen LogP contribution in [0.15, 0.2) is 12.8 Å². The van der Waals surface area contributed by atoms with Crippen LogP contribution in [0, 0.1) is 0 Å². The summed E-state index contributed by atoms with van der Waals surface area (Å²) in [5, 5.41) is 0. The molecule has 0 amide bonds. The quantitative estimate of drug-likeness (QED) is 0.448. The summed E-state index contributed by atoms with van der Waals surface area (Å²) >= 11 is 0. The molecule has 0 aromatic heterocycles. The van der Waals surface area contributed by atoms with Crippen molar-refractivity contribution in [2.24, 2.45) is 0 Å². The van der Waals surface area contributed by atoms with Gasteiger partial charge in [-0.15, -0.1) is 0 Å². The largest absolute Gasteiger partial charge is 0.499 e. The predicted molar refractivity (Wildman–Crippen MR) is 44.4 cm³/mol. The Morgan fingerprint density at radius 2 is 2.00 bits per heavy atom. The molecule has 64 valence electrons. The van der Waals surface area contributed by atoms with E-state index in [-0.39, 0.29) is 0 Å². The minimum atomic E-state index is 0.503. The van der Waals surface area contributed by atoms with E-state index in [1.165, 1.54) is 31.9 Å². The number of ether oxygens (including phenoxy) is 2. The third kappa shape index (κ3) is 3.42. The van der Waals surface area contributed by atoms with Gasteiger partial charge in [0.25, 0.3) is 0 Å². The molecular weight excluding hydrogens is 140 g/mol. The molecule has 2 nitrogen and oxygen atoms in total.